The fraction of sp³-hybridized carbons (Fsp3) is 0.125. The first-order valence-corrected chi connectivity index (χ1v) is 3.19. The van der Waals surface area contributed by atoms with Crippen molar-refractivity contribution in [3.05, 3.63) is 25.3 Å². The van der Waals surface area contributed by atoms with E-state index in [-0.39, 0.29) is 0 Å². The fourth-order valence-corrected chi connectivity index (χ4v) is 0.143. The SMILES string of the molecule is C=C.CC(=O)O.O=C(O)C=CC(=O)O. The Balaban J connectivity index is -0.000000170. The maximum Gasteiger partial charge on any atom is 0.328 e. The van der Waals surface area contributed by atoms with Crippen molar-refractivity contribution in [2.75, 3.05) is 0 Å². The Bertz CT molecular complexity index is 198. The maximum absolute atomic E-state index is 9.55. The van der Waals surface area contributed by atoms with Gasteiger partial charge >= 0.3 is 11.9 Å². The summed E-state index contributed by atoms with van der Waals surface area (Å²) in [6, 6.07) is 0. The molecule has 0 aliphatic heterocycles. The van der Waals surface area contributed by atoms with E-state index in [0.29, 0.717) is 12.2 Å². The lowest BCUT2D eigenvalue weighted by atomic mass is 10.5. The van der Waals surface area contributed by atoms with E-state index < -0.39 is 17.9 Å². The molecular formula is C8H12O6. The highest BCUT2D eigenvalue weighted by molar-refractivity contribution is 5.89. The van der Waals surface area contributed by atoms with Crippen molar-refractivity contribution in [2.45, 2.75) is 6.92 Å². The Morgan fingerprint density at radius 2 is 1.07 bits per heavy atom. The number of carboxylic acids is 3. The quantitative estimate of drug-likeness (QED) is 0.448. The summed E-state index contributed by atoms with van der Waals surface area (Å²) in [4.78, 5) is 28.1. The van der Waals surface area contributed by atoms with Crippen LogP contribution >= 0.6 is 0 Å². The molecule has 0 bridgehead atoms. The lowest BCUT2D eigenvalue weighted by Gasteiger charge is -1.74. The van der Waals surface area contributed by atoms with Gasteiger partial charge in [0, 0.05) is 19.1 Å². The minimum absolute atomic E-state index is 0.558. The van der Waals surface area contributed by atoms with Gasteiger partial charge in [-0.2, -0.15) is 0 Å². The maximum atomic E-state index is 9.55. The number of carboxylic acid groups (broad SMARTS) is 3. The highest BCUT2D eigenvalue weighted by Crippen LogP contribution is 1.70. The van der Waals surface area contributed by atoms with Crippen LogP contribution in [0.1, 0.15) is 6.92 Å². The molecule has 0 fully saturated rings. The predicted molar refractivity (Wildman–Crippen MR) is 49.0 cm³/mol. The van der Waals surface area contributed by atoms with Crippen LogP contribution in [0.25, 0.3) is 0 Å². The second kappa shape index (κ2) is 13.5. The first kappa shape index (κ1) is 17.8. The van der Waals surface area contributed by atoms with Crippen LogP contribution in [0.4, 0.5) is 0 Å². The van der Waals surface area contributed by atoms with E-state index in [4.69, 9.17) is 20.1 Å². The van der Waals surface area contributed by atoms with Gasteiger partial charge in [-0.05, 0) is 0 Å². The first-order valence-electron chi connectivity index (χ1n) is 3.19. The third-order valence-electron chi connectivity index (χ3n) is 0.368. The lowest BCUT2D eigenvalue weighted by Crippen LogP contribution is -1.91. The minimum atomic E-state index is -1.26. The molecule has 0 aromatic rings. The summed E-state index contributed by atoms with van der Waals surface area (Å²) in [5.41, 5.74) is 0. The van der Waals surface area contributed by atoms with E-state index in [1.165, 1.54) is 0 Å². The molecule has 0 aromatic heterocycles. The molecular weight excluding hydrogens is 192 g/mol. The molecule has 0 saturated carbocycles. The van der Waals surface area contributed by atoms with Crippen LogP contribution in [0, 0.1) is 0 Å². The molecule has 3 N–H and O–H groups in total. The van der Waals surface area contributed by atoms with Gasteiger partial charge in [-0.1, -0.05) is 0 Å². The average Bonchev–Trinajstić information content (AvgIpc) is 2.03. The third kappa shape index (κ3) is 93.6. The fourth-order valence-electron chi connectivity index (χ4n) is 0.143. The van der Waals surface area contributed by atoms with Crippen LogP contribution in [0.15, 0.2) is 25.3 Å². The molecule has 0 amide bonds. The summed E-state index contributed by atoms with van der Waals surface area (Å²) in [7, 11) is 0. The van der Waals surface area contributed by atoms with Gasteiger partial charge in [-0.15, -0.1) is 13.2 Å². The average molecular weight is 204 g/mol. The molecule has 0 saturated heterocycles. The van der Waals surface area contributed by atoms with Crippen molar-refractivity contribution in [3.8, 4) is 0 Å². The van der Waals surface area contributed by atoms with Gasteiger partial charge in [0.05, 0.1) is 0 Å². The lowest BCUT2D eigenvalue weighted by molar-refractivity contribution is -0.134. The largest absolute Gasteiger partial charge is 0.481 e. The third-order valence-corrected chi connectivity index (χ3v) is 0.368. The normalized spacial score (nSPS) is 7.50. The molecule has 6 heteroatoms. The van der Waals surface area contributed by atoms with Crippen molar-refractivity contribution in [1.82, 2.24) is 0 Å². The molecule has 0 heterocycles. The molecule has 6 nitrogen and oxygen atoms in total. The van der Waals surface area contributed by atoms with Crippen LogP contribution in [0.5, 0.6) is 0 Å². The van der Waals surface area contributed by atoms with Gasteiger partial charge in [0.1, 0.15) is 0 Å². The van der Waals surface area contributed by atoms with E-state index >= 15 is 0 Å². The molecule has 0 spiro atoms. The Morgan fingerprint density at radius 3 is 1.14 bits per heavy atom. The van der Waals surface area contributed by atoms with Crippen molar-refractivity contribution in [2.24, 2.45) is 0 Å². The van der Waals surface area contributed by atoms with E-state index in [0.717, 1.165) is 6.92 Å². The first-order chi connectivity index (χ1) is 6.36. The van der Waals surface area contributed by atoms with Crippen molar-refractivity contribution in [3.63, 3.8) is 0 Å². The van der Waals surface area contributed by atoms with E-state index in [1.807, 2.05) is 0 Å². The molecule has 80 valence electrons. The van der Waals surface area contributed by atoms with Crippen LogP contribution in [0.2, 0.25) is 0 Å². The zero-order chi connectivity index (χ0) is 12.1. The van der Waals surface area contributed by atoms with Crippen LogP contribution in [-0.4, -0.2) is 33.2 Å². The molecule has 0 atom stereocenters. The number of hydrogen-bond acceptors (Lipinski definition) is 3. The zero-order valence-electron chi connectivity index (χ0n) is 7.64. The molecule has 0 aromatic carbocycles. The summed E-state index contributed by atoms with van der Waals surface area (Å²) in [6.45, 7) is 7.08. The highest BCUT2D eigenvalue weighted by Gasteiger charge is 1.88. The molecule has 14 heavy (non-hydrogen) atoms. The van der Waals surface area contributed by atoms with E-state index in [9.17, 15) is 9.59 Å². The molecule has 0 unspecified atom stereocenters. The summed E-state index contributed by atoms with van der Waals surface area (Å²) in [6.07, 6.45) is 1.12. The van der Waals surface area contributed by atoms with Gasteiger partial charge in [0.25, 0.3) is 5.97 Å². The smallest absolute Gasteiger partial charge is 0.328 e. The Morgan fingerprint density at radius 1 is 0.929 bits per heavy atom. The van der Waals surface area contributed by atoms with Gasteiger partial charge in [0.15, 0.2) is 0 Å². The molecule has 0 rings (SSSR count). The van der Waals surface area contributed by atoms with Gasteiger partial charge < -0.3 is 15.3 Å². The summed E-state index contributed by atoms with van der Waals surface area (Å²) >= 11 is 0. The molecule has 0 aliphatic rings. The summed E-state index contributed by atoms with van der Waals surface area (Å²) < 4.78 is 0. The minimum Gasteiger partial charge on any atom is -0.481 e. The van der Waals surface area contributed by atoms with Crippen LogP contribution in [0.3, 0.4) is 0 Å². The van der Waals surface area contributed by atoms with Crippen LogP contribution in [-0.2, 0) is 14.4 Å². The number of aliphatic carboxylic acids is 3. The van der Waals surface area contributed by atoms with Crippen molar-refractivity contribution < 1.29 is 29.7 Å². The van der Waals surface area contributed by atoms with Gasteiger partial charge in [0.2, 0.25) is 0 Å². The van der Waals surface area contributed by atoms with Gasteiger partial charge in [-0.25, -0.2) is 9.59 Å². The Hall–Kier alpha value is -2.11. The number of rotatable bonds is 2. The summed E-state index contributed by atoms with van der Waals surface area (Å²) in [5, 5.41) is 23.0. The number of hydrogen-bond donors (Lipinski definition) is 3. The van der Waals surface area contributed by atoms with Crippen molar-refractivity contribution >= 4 is 17.9 Å². The second-order valence-corrected chi connectivity index (χ2v) is 1.53. The Kier molecular flexibility index (Phi) is 17.2. The zero-order valence-corrected chi connectivity index (χ0v) is 7.64. The second-order valence-electron chi connectivity index (χ2n) is 1.53. The number of carbonyl (C=O) groups is 3. The monoisotopic (exact) mass is 204 g/mol. The predicted octanol–water partition coefficient (Wildman–Crippen LogP) is 0.605. The standard InChI is InChI=1S/C4H4O4.C2H4O2.C2H4/c5-3(6)1-2-4(7)8;1-2(3)4;1-2/h1-2H,(H,5,6)(H,7,8);1H3,(H,3,4);1-2H2. The van der Waals surface area contributed by atoms with Crippen LogP contribution < -0.4 is 0 Å². The Labute approximate surface area is 80.8 Å². The van der Waals surface area contributed by atoms with E-state index in [1.54, 1.807) is 0 Å². The van der Waals surface area contributed by atoms with E-state index in [2.05, 4.69) is 13.2 Å². The van der Waals surface area contributed by atoms with Gasteiger partial charge in [-0.3, -0.25) is 4.79 Å². The summed E-state index contributed by atoms with van der Waals surface area (Å²) in [5.74, 6) is -3.35. The topological polar surface area (TPSA) is 112 Å². The molecule has 0 radical (unpaired) electrons. The highest BCUT2D eigenvalue weighted by atomic mass is 16.4. The van der Waals surface area contributed by atoms with Crippen molar-refractivity contribution in [1.29, 1.82) is 0 Å². The molecule has 0 aliphatic carbocycles.